The molecule has 2 aromatic carbocycles. The van der Waals surface area contributed by atoms with Crippen molar-refractivity contribution in [2.24, 2.45) is 0 Å². The highest BCUT2D eigenvalue weighted by Gasteiger charge is 2.33. The van der Waals surface area contributed by atoms with Crippen molar-refractivity contribution in [1.29, 1.82) is 0 Å². The number of hydrogen-bond donors (Lipinski definition) is 0. The van der Waals surface area contributed by atoms with Crippen molar-refractivity contribution >= 4 is 17.5 Å². The molecule has 7 nitrogen and oxygen atoms in total. The van der Waals surface area contributed by atoms with E-state index >= 15 is 0 Å². The molecule has 0 fully saturated rings. The highest BCUT2D eigenvalue weighted by atomic mass is 16.5. The number of anilines is 1. The molecule has 0 aliphatic carbocycles. The van der Waals surface area contributed by atoms with Crippen molar-refractivity contribution in [3.63, 3.8) is 0 Å². The molecular weight excluding hydrogens is 360 g/mol. The second-order valence-corrected chi connectivity index (χ2v) is 6.59. The molecule has 3 rings (SSSR count). The third-order valence-corrected chi connectivity index (χ3v) is 4.66. The van der Waals surface area contributed by atoms with Crippen molar-refractivity contribution in [3.8, 4) is 17.2 Å². The van der Waals surface area contributed by atoms with E-state index < -0.39 is 6.10 Å². The van der Waals surface area contributed by atoms with E-state index in [2.05, 4.69) is 0 Å². The smallest absolute Gasteiger partial charge is 0.268 e. The number of carbonyl (C=O) groups is 2. The summed E-state index contributed by atoms with van der Waals surface area (Å²) >= 11 is 0. The Bertz CT molecular complexity index is 883. The average Bonchev–Trinajstić information content (AvgIpc) is 2.71. The predicted molar refractivity (Wildman–Crippen MR) is 105 cm³/mol. The van der Waals surface area contributed by atoms with Crippen molar-refractivity contribution in [2.45, 2.75) is 19.6 Å². The minimum Gasteiger partial charge on any atom is -0.493 e. The van der Waals surface area contributed by atoms with Crippen molar-refractivity contribution in [3.05, 3.63) is 48.0 Å². The molecule has 1 heterocycles. The van der Waals surface area contributed by atoms with E-state index in [1.807, 2.05) is 24.3 Å². The first-order chi connectivity index (χ1) is 13.4. The van der Waals surface area contributed by atoms with Gasteiger partial charge >= 0.3 is 0 Å². The Kier molecular flexibility index (Phi) is 5.73. The molecule has 0 N–H and O–H groups in total. The highest BCUT2D eigenvalue weighted by molar-refractivity contribution is 6.03. The summed E-state index contributed by atoms with van der Waals surface area (Å²) in [4.78, 5) is 28.4. The van der Waals surface area contributed by atoms with Crippen LogP contribution in [0.1, 0.15) is 12.5 Å². The first-order valence-corrected chi connectivity index (χ1v) is 8.96. The lowest BCUT2D eigenvalue weighted by atomic mass is 10.1. The number of fused-ring (bicyclic) bond motifs is 1. The third kappa shape index (κ3) is 3.88. The molecule has 0 spiro atoms. The Hall–Kier alpha value is -3.22. The molecule has 0 aromatic heterocycles. The lowest BCUT2D eigenvalue weighted by molar-refractivity contribution is -0.132. The molecule has 0 radical (unpaired) electrons. The van der Waals surface area contributed by atoms with Crippen LogP contribution in [0, 0.1) is 0 Å². The van der Waals surface area contributed by atoms with Gasteiger partial charge in [0, 0.05) is 13.6 Å². The van der Waals surface area contributed by atoms with Gasteiger partial charge in [-0.25, -0.2) is 0 Å². The molecule has 0 bridgehead atoms. The standard InChI is InChI=1S/C21H24N2O5/c1-14-21(25)23(16-7-5-6-8-17(16)28-14)13-20(24)22(2)12-15-9-10-18(26-3)19(11-15)27-4/h5-11,14H,12-13H2,1-4H3. The monoisotopic (exact) mass is 384 g/mol. The number of ether oxygens (including phenoxy) is 3. The normalized spacial score (nSPS) is 15.5. The van der Waals surface area contributed by atoms with Crippen LogP contribution in [-0.2, 0) is 16.1 Å². The number of methoxy groups -OCH3 is 2. The van der Waals surface area contributed by atoms with Crippen LogP contribution in [0.5, 0.6) is 17.2 Å². The van der Waals surface area contributed by atoms with Crippen LogP contribution in [0.15, 0.2) is 42.5 Å². The lowest BCUT2D eigenvalue weighted by Gasteiger charge is -2.33. The minimum atomic E-state index is -0.626. The quantitative estimate of drug-likeness (QED) is 0.765. The fourth-order valence-electron chi connectivity index (χ4n) is 3.12. The van der Waals surface area contributed by atoms with E-state index in [1.54, 1.807) is 51.3 Å². The van der Waals surface area contributed by atoms with Gasteiger partial charge in [-0.1, -0.05) is 18.2 Å². The summed E-state index contributed by atoms with van der Waals surface area (Å²) < 4.78 is 16.2. The molecule has 2 aromatic rings. The Balaban J connectivity index is 1.73. The van der Waals surface area contributed by atoms with Gasteiger partial charge in [0.1, 0.15) is 12.3 Å². The predicted octanol–water partition coefficient (Wildman–Crippen LogP) is 2.48. The minimum absolute atomic E-state index is 0.0483. The maximum atomic E-state index is 12.8. The van der Waals surface area contributed by atoms with E-state index in [9.17, 15) is 9.59 Å². The average molecular weight is 384 g/mol. The molecule has 2 amide bonds. The number of hydrogen-bond acceptors (Lipinski definition) is 5. The zero-order valence-electron chi connectivity index (χ0n) is 16.5. The number of rotatable bonds is 6. The van der Waals surface area contributed by atoms with E-state index in [1.165, 1.54) is 4.90 Å². The first-order valence-electron chi connectivity index (χ1n) is 8.96. The fraction of sp³-hybridized carbons (Fsp3) is 0.333. The van der Waals surface area contributed by atoms with E-state index in [0.717, 1.165) is 5.56 Å². The van der Waals surface area contributed by atoms with Crippen LogP contribution in [0.2, 0.25) is 0 Å². The summed E-state index contributed by atoms with van der Waals surface area (Å²) in [5, 5.41) is 0. The van der Waals surface area contributed by atoms with Gasteiger partial charge in [-0.2, -0.15) is 0 Å². The molecule has 28 heavy (non-hydrogen) atoms. The SMILES string of the molecule is COc1ccc(CN(C)C(=O)CN2C(=O)C(C)Oc3ccccc32)cc1OC. The topological polar surface area (TPSA) is 68.3 Å². The highest BCUT2D eigenvalue weighted by Crippen LogP contribution is 2.33. The second-order valence-electron chi connectivity index (χ2n) is 6.59. The summed E-state index contributed by atoms with van der Waals surface area (Å²) in [7, 11) is 4.85. The summed E-state index contributed by atoms with van der Waals surface area (Å²) in [6.07, 6.45) is -0.626. The molecule has 0 saturated carbocycles. The van der Waals surface area contributed by atoms with Crippen molar-refractivity contribution in [1.82, 2.24) is 4.90 Å². The van der Waals surface area contributed by atoms with Crippen molar-refractivity contribution < 1.29 is 23.8 Å². The molecule has 148 valence electrons. The summed E-state index contributed by atoms with van der Waals surface area (Å²) in [6, 6.07) is 12.7. The number of para-hydroxylation sites is 2. The van der Waals surface area contributed by atoms with Gasteiger partial charge in [-0.05, 0) is 36.8 Å². The summed E-state index contributed by atoms with van der Waals surface area (Å²) in [6.45, 7) is 2.02. The van der Waals surface area contributed by atoms with Crippen LogP contribution in [0.25, 0.3) is 0 Å². The lowest BCUT2D eigenvalue weighted by Crippen LogP contribution is -2.48. The van der Waals surface area contributed by atoms with Crippen molar-refractivity contribution in [2.75, 3.05) is 32.7 Å². The maximum absolute atomic E-state index is 12.8. The Morgan fingerprint density at radius 1 is 1.14 bits per heavy atom. The maximum Gasteiger partial charge on any atom is 0.268 e. The van der Waals surface area contributed by atoms with Gasteiger partial charge in [-0.15, -0.1) is 0 Å². The van der Waals surface area contributed by atoms with E-state index in [0.29, 0.717) is 29.5 Å². The third-order valence-electron chi connectivity index (χ3n) is 4.66. The number of benzene rings is 2. The van der Waals surface area contributed by atoms with Crippen LogP contribution >= 0.6 is 0 Å². The summed E-state index contributed by atoms with van der Waals surface area (Å²) in [5.74, 6) is 1.43. The number of amides is 2. The van der Waals surface area contributed by atoms with E-state index in [4.69, 9.17) is 14.2 Å². The molecule has 0 saturated heterocycles. The number of carbonyl (C=O) groups excluding carboxylic acids is 2. The molecule has 1 atom stereocenters. The van der Waals surface area contributed by atoms with E-state index in [-0.39, 0.29) is 18.4 Å². The summed E-state index contributed by atoms with van der Waals surface area (Å²) in [5.41, 5.74) is 1.51. The van der Waals surface area contributed by atoms with Gasteiger partial charge < -0.3 is 19.1 Å². The molecule has 1 aliphatic heterocycles. The van der Waals surface area contributed by atoms with Gasteiger partial charge in [0.05, 0.1) is 19.9 Å². The second kappa shape index (κ2) is 8.21. The van der Waals surface area contributed by atoms with Gasteiger partial charge in [0.15, 0.2) is 17.6 Å². The molecule has 1 unspecified atom stereocenters. The number of likely N-dealkylation sites (N-methyl/N-ethyl adjacent to an activating group) is 1. The van der Waals surface area contributed by atoms with Crippen LogP contribution in [-0.4, -0.2) is 50.6 Å². The zero-order chi connectivity index (χ0) is 20.3. The van der Waals surface area contributed by atoms with Gasteiger partial charge in [0.2, 0.25) is 5.91 Å². The van der Waals surface area contributed by atoms with Crippen LogP contribution in [0.3, 0.4) is 0 Å². The first kappa shape index (κ1) is 19.5. The van der Waals surface area contributed by atoms with Crippen LogP contribution < -0.4 is 19.1 Å². The number of nitrogens with zero attached hydrogens (tertiary/aromatic N) is 2. The molecule has 7 heteroatoms. The fourth-order valence-corrected chi connectivity index (χ4v) is 3.12. The molecular formula is C21H24N2O5. The Morgan fingerprint density at radius 2 is 1.86 bits per heavy atom. The Morgan fingerprint density at radius 3 is 2.57 bits per heavy atom. The largest absolute Gasteiger partial charge is 0.493 e. The van der Waals surface area contributed by atoms with Gasteiger partial charge in [0.25, 0.3) is 5.91 Å². The molecule has 1 aliphatic rings. The zero-order valence-corrected chi connectivity index (χ0v) is 16.5. The Labute approximate surface area is 164 Å². The van der Waals surface area contributed by atoms with Gasteiger partial charge in [-0.3, -0.25) is 14.5 Å². The van der Waals surface area contributed by atoms with Crippen LogP contribution in [0.4, 0.5) is 5.69 Å².